The smallest absolute Gasteiger partial charge is 0.251 e. The molecule has 1 saturated heterocycles. The van der Waals surface area contributed by atoms with Crippen molar-refractivity contribution in [3.63, 3.8) is 0 Å². The Balaban J connectivity index is 1.57. The number of rotatable bonds is 6. The number of morpholine rings is 1. The third-order valence-electron chi connectivity index (χ3n) is 4.19. The molecule has 1 heterocycles. The van der Waals surface area contributed by atoms with Gasteiger partial charge in [0.15, 0.2) is 0 Å². The number of benzene rings is 2. The number of sulfonamides is 1. The van der Waals surface area contributed by atoms with E-state index in [0.29, 0.717) is 32.0 Å². The summed E-state index contributed by atoms with van der Waals surface area (Å²) < 4.78 is 31.7. The molecule has 2 aromatic carbocycles. The van der Waals surface area contributed by atoms with Crippen molar-refractivity contribution in [2.45, 2.75) is 4.90 Å². The SMILES string of the molecule is O=C(CNC(=O)c1ccc(S(=O)(=O)N2CCOCC2)cc1)Nc1ccccc1. The highest BCUT2D eigenvalue weighted by Gasteiger charge is 2.26. The molecule has 0 aliphatic carbocycles. The molecule has 0 spiro atoms. The zero-order chi connectivity index (χ0) is 20.0. The van der Waals surface area contributed by atoms with Gasteiger partial charge in [-0.15, -0.1) is 0 Å². The van der Waals surface area contributed by atoms with E-state index in [1.54, 1.807) is 24.3 Å². The third-order valence-corrected chi connectivity index (χ3v) is 6.10. The summed E-state index contributed by atoms with van der Waals surface area (Å²) in [5.74, 6) is -0.815. The van der Waals surface area contributed by atoms with Crippen LogP contribution < -0.4 is 10.6 Å². The van der Waals surface area contributed by atoms with E-state index in [1.165, 1.54) is 28.6 Å². The van der Waals surface area contributed by atoms with Crippen LogP contribution in [0.4, 0.5) is 5.69 Å². The van der Waals surface area contributed by atoms with E-state index in [2.05, 4.69) is 10.6 Å². The molecule has 0 aromatic heterocycles. The van der Waals surface area contributed by atoms with Gasteiger partial charge in [0, 0.05) is 24.3 Å². The molecule has 28 heavy (non-hydrogen) atoms. The minimum Gasteiger partial charge on any atom is -0.379 e. The van der Waals surface area contributed by atoms with Crippen LogP contribution in [0, 0.1) is 0 Å². The van der Waals surface area contributed by atoms with Gasteiger partial charge >= 0.3 is 0 Å². The molecule has 0 unspecified atom stereocenters. The van der Waals surface area contributed by atoms with Crippen molar-refractivity contribution >= 4 is 27.5 Å². The molecular formula is C19H21N3O5S. The first-order valence-electron chi connectivity index (χ1n) is 8.78. The van der Waals surface area contributed by atoms with Crippen molar-refractivity contribution in [2.75, 3.05) is 38.2 Å². The fraction of sp³-hybridized carbons (Fsp3) is 0.263. The van der Waals surface area contributed by atoms with Crippen molar-refractivity contribution in [1.82, 2.24) is 9.62 Å². The van der Waals surface area contributed by atoms with Crippen molar-refractivity contribution in [1.29, 1.82) is 0 Å². The highest BCUT2D eigenvalue weighted by Crippen LogP contribution is 2.17. The van der Waals surface area contributed by atoms with Crippen LogP contribution in [0.2, 0.25) is 0 Å². The maximum atomic E-state index is 12.6. The Morgan fingerprint density at radius 1 is 0.964 bits per heavy atom. The lowest BCUT2D eigenvalue weighted by molar-refractivity contribution is -0.115. The Labute approximate surface area is 163 Å². The maximum absolute atomic E-state index is 12.6. The molecule has 1 fully saturated rings. The largest absolute Gasteiger partial charge is 0.379 e. The summed E-state index contributed by atoms with van der Waals surface area (Å²) in [4.78, 5) is 24.2. The summed E-state index contributed by atoms with van der Waals surface area (Å²) in [6.45, 7) is 1.15. The van der Waals surface area contributed by atoms with Gasteiger partial charge in [-0.2, -0.15) is 4.31 Å². The molecule has 2 amide bonds. The number of hydrogen-bond acceptors (Lipinski definition) is 5. The standard InChI is InChI=1S/C19H21N3O5S/c23-18(21-16-4-2-1-3-5-16)14-20-19(24)15-6-8-17(9-7-15)28(25,26)22-10-12-27-13-11-22/h1-9H,10-14H2,(H,20,24)(H,21,23). The van der Waals surface area contributed by atoms with Crippen LogP contribution in [-0.2, 0) is 19.6 Å². The zero-order valence-corrected chi connectivity index (χ0v) is 15.9. The summed E-state index contributed by atoms with van der Waals surface area (Å²) >= 11 is 0. The number of nitrogens with one attached hydrogen (secondary N) is 2. The predicted molar refractivity (Wildman–Crippen MR) is 103 cm³/mol. The first-order valence-corrected chi connectivity index (χ1v) is 10.2. The van der Waals surface area contributed by atoms with Crippen molar-refractivity contribution in [2.24, 2.45) is 0 Å². The van der Waals surface area contributed by atoms with Crippen molar-refractivity contribution < 1.29 is 22.7 Å². The maximum Gasteiger partial charge on any atom is 0.251 e. The van der Waals surface area contributed by atoms with Gasteiger partial charge in [0.25, 0.3) is 5.91 Å². The van der Waals surface area contributed by atoms with Crippen molar-refractivity contribution in [3.8, 4) is 0 Å². The topological polar surface area (TPSA) is 105 Å². The van der Waals surface area contributed by atoms with Gasteiger partial charge in [-0.1, -0.05) is 18.2 Å². The third kappa shape index (κ3) is 4.94. The Bertz CT molecular complexity index is 924. The van der Waals surface area contributed by atoms with Gasteiger partial charge in [0.1, 0.15) is 0 Å². The van der Waals surface area contributed by atoms with E-state index >= 15 is 0 Å². The van der Waals surface area contributed by atoms with Crippen LogP contribution in [0.25, 0.3) is 0 Å². The van der Waals surface area contributed by atoms with Crippen molar-refractivity contribution in [3.05, 3.63) is 60.2 Å². The zero-order valence-electron chi connectivity index (χ0n) is 15.1. The number of carbonyl (C=O) groups is 2. The molecule has 0 saturated carbocycles. The van der Waals surface area contributed by atoms with Crippen LogP contribution in [-0.4, -0.2) is 57.4 Å². The second kappa shape index (κ2) is 8.96. The average molecular weight is 403 g/mol. The molecular weight excluding hydrogens is 382 g/mol. The number of hydrogen-bond donors (Lipinski definition) is 2. The number of ether oxygens (including phenoxy) is 1. The quantitative estimate of drug-likeness (QED) is 0.751. The predicted octanol–water partition coefficient (Wildman–Crippen LogP) is 1.08. The van der Waals surface area contributed by atoms with Gasteiger partial charge in [0.05, 0.1) is 24.7 Å². The summed E-state index contributed by atoms with van der Waals surface area (Å²) in [5, 5.41) is 5.18. The number of anilines is 1. The fourth-order valence-electron chi connectivity index (χ4n) is 2.70. The van der Waals surface area contributed by atoms with Crippen LogP contribution in [0.3, 0.4) is 0 Å². The summed E-state index contributed by atoms with van der Waals surface area (Å²) in [6.07, 6.45) is 0. The molecule has 0 radical (unpaired) electrons. The molecule has 0 atom stereocenters. The second-order valence-corrected chi connectivity index (χ2v) is 8.08. The Kier molecular flexibility index (Phi) is 6.40. The van der Waals surface area contributed by atoms with E-state index < -0.39 is 15.9 Å². The van der Waals surface area contributed by atoms with Gasteiger partial charge < -0.3 is 15.4 Å². The minimum atomic E-state index is -3.61. The van der Waals surface area contributed by atoms with Gasteiger partial charge in [-0.25, -0.2) is 8.42 Å². The number of amides is 2. The van der Waals surface area contributed by atoms with E-state index in [0.717, 1.165) is 0 Å². The van der Waals surface area contributed by atoms with Gasteiger partial charge in [-0.05, 0) is 36.4 Å². The van der Waals surface area contributed by atoms with E-state index in [1.807, 2.05) is 6.07 Å². The summed E-state index contributed by atoms with van der Waals surface area (Å²) in [7, 11) is -3.61. The van der Waals surface area contributed by atoms with Gasteiger partial charge in [-0.3, -0.25) is 9.59 Å². The van der Waals surface area contributed by atoms with Crippen LogP contribution in [0.5, 0.6) is 0 Å². The Hall–Kier alpha value is -2.75. The number of carbonyl (C=O) groups excluding carboxylic acids is 2. The molecule has 8 nitrogen and oxygen atoms in total. The summed E-state index contributed by atoms with van der Waals surface area (Å²) in [6, 6.07) is 14.5. The molecule has 148 valence electrons. The van der Waals surface area contributed by atoms with Crippen LogP contribution >= 0.6 is 0 Å². The normalized spacial score (nSPS) is 15.0. The first kappa shape index (κ1) is 20.0. The molecule has 2 N–H and O–H groups in total. The Morgan fingerprint density at radius 3 is 2.25 bits per heavy atom. The lowest BCUT2D eigenvalue weighted by Crippen LogP contribution is -2.40. The summed E-state index contributed by atoms with van der Waals surface area (Å²) in [5.41, 5.74) is 0.910. The number of para-hydroxylation sites is 1. The van der Waals surface area contributed by atoms with E-state index in [-0.39, 0.29) is 22.9 Å². The first-order chi connectivity index (χ1) is 13.5. The number of nitrogens with zero attached hydrogens (tertiary/aromatic N) is 1. The molecule has 0 bridgehead atoms. The molecule has 1 aliphatic heterocycles. The highest BCUT2D eigenvalue weighted by atomic mass is 32.2. The lowest BCUT2D eigenvalue weighted by atomic mass is 10.2. The lowest BCUT2D eigenvalue weighted by Gasteiger charge is -2.26. The molecule has 2 aromatic rings. The minimum absolute atomic E-state index is 0.118. The molecule has 1 aliphatic rings. The van der Waals surface area contributed by atoms with E-state index in [4.69, 9.17) is 4.74 Å². The average Bonchev–Trinajstić information content (AvgIpc) is 2.73. The second-order valence-electron chi connectivity index (χ2n) is 6.14. The fourth-order valence-corrected chi connectivity index (χ4v) is 4.11. The van der Waals surface area contributed by atoms with Crippen LogP contribution in [0.1, 0.15) is 10.4 Å². The van der Waals surface area contributed by atoms with Crippen LogP contribution in [0.15, 0.2) is 59.5 Å². The van der Waals surface area contributed by atoms with E-state index in [9.17, 15) is 18.0 Å². The highest BCUT2D eigenvalue weighted by molar-refractivity contribution is 7.89. The van der Waals surface area contributed by atoms with Gasteiger partial charge in [0.2, 0.25) is 15.9 Å². The molecule has 3 rings (SSSR count). The Morgan fingerprint density at radius 2 is 1.61 bits per heavy atom. The monoisotopic (exact) mass is 403 g/mol. The molecule has 9 heteroatoms.